The van der Waals surface area contributed by atoms with Crippen molar-refractivity contribution in [2.24, 2.45) is 0 Å². The van der Waals surface area contributed by atoms with Gasteiger partial charge in [0.2, 0.25) is 0 Å². The molecule has 1 heterocycles. The highest BCUT2D eigenvalue weighted by Gasteiger charge is 2.11. The Hall–Kier alpha value is -2.43. The molecule has 21 heavy (non-hydrogen) atoms. The average molecular weight is 287 g/mol. The number of anilines is 3. The summed E-state index contributed by atoms with van der Waals surface area (Å²) < 4.78 is 11.2. The predicted octanol–water partition coefficient (Wildman–Crippen LogP) is 3.51. The van der Waals surface area contributed by atoms with E-state index in [9.17, 15) is 0 Å². The zero-order chi connectivity index (χ0) is 15.2. The van der Waals surface area contributed by atoms with Gasteiger partial charge in [-0.2, -0.15) is 0 Å². The van der Waals surface area contributed by atoms with E-state index in [1.165, 1.54) is 0 Å². The van der Waals surface area contributed by atoms with Gasteiger partial charge in [-0.15, -0.1) is 0 Å². The van der Waals surface area contributed by atoms with E-state index in [-0.39, 0.29) is 0 Å². The van der Waals surface area contributed by atoms with Gasteiger partial charge in [-0.3, -0.25) is 4.98 Å². The third kappa shape index (κ3) is 3.56. The molecule has 0 amide bonds. The van der Waals surface area contributed by atoms with E-state index in [4.69, 9.17) is 15.2 Å². The Morgan fingerprint density at radius 3 is 2.48 bits per heavy atom. The molecule has 0 aliphatic heterocycles. The standard InChI is InChI=1S/C16H21N3O2/c1-4-20-15-10-14(16(21-5-2)9-12(15)17)19-13-7-6-8-18-11(13)3/h6-10,19H,4-5,17H2,1-3H3. The third-order valence-corrected chi connectivity index (χ3v) is 2.99. The molecule has 112 valence electrons. The molecule has 0 unspecified atom stereocenters. The van der Waals surface area contributed by atoms with E-state index in [1.54, 1.807) is 12.3 Å². The minimum atomic E-state index is 0.559. The third-order valence-electron chi connectivity index (χ3n) is 2.99. The summed E-state index contributed by atoms with van der Waals surface area (Å²) in [6.07, 6.45) is 1.76. The first-order valence-corrected chi connectivity index (χ1v) is 7.03. The van der Waals surface area contributed by atoms with Crippen molar-refractivity contribution in [3.8, 4) is 11.5 Å². The van der Waals surface area contributed by atoms with Crippen molar-refractivity contribution in [3.05, 3.63) is 36.2 Å². The SMILES string of the molecule is CCOc1cc(Nc2cccnc2C)c(OCC)cc1N. The summed E-state index contributed by atoms with van der Waals surface area (Å²) in [6, 6.07) is 7.49. The van der Waals surface area contributed by atoms with E-state index in [0.29, 0.717) is 30.4 Å². The molecule has 0 fully saturated rings. The van der Waals surface area contributed by atoms with Crippen molar-refractivity contribution in [1.82, 2.24) is 4.98 Å². The lowest BCUT2D eigenvalue weighted by atomic mass is 10.2. The Balaban J connectivity index is 2.39. The highest BCUT2D eigenvalue weighted by Crippen LogP contribution is 2.36. The summed E-state index contributed by atoms with van der Waals surface area (Å²) >= 11 is 0. The molecule has 0 saturated carbocycles. The zero-order valence-electron chi connectivity index (χ0n) is 12.6. The lowest BCUT2D eigenvalue weighted by molar-refractivity contribution is 0.333. The monoisotopic (exact) mass is 287 g/mol. The second-order valence-corrected chi connectivity index (χ2v) is 4.51. The van der Waals surface area contributed by atoms with E-state index in [1.807, 2.05) is 39.0 Å². The fourth-order valence-corrected chi connectivity index (χ4v) is 1.99. The number of pyridine rings is 1. The second-order valence-electron chi connectivity index (χ2n) is 4.51. The number of nitrogens with zero attached hydrogens (tertiary/aromatic N) is 1. The Morgan fingerprint density at radius 1 is 1.10 bits per heavy atom. The number of ether oxygens (including phenoxy) is 2. The number of nitrogens with one attached hydrogen (secondary N) is 1. The molecule has 2 aromatic rings. The van der Waals surface area contributed by atoms with Gasteiger partial charge in [0.15, 0.2) is 0 Å². The summed E-state index contributed by atoms with van der Waals surface area (Å²) in [4.78, 5) is 4.27. The molecular weight excluding hydrogens is 266 g/mol. The Kier molecular flexibility index (Phi) is 4.87. The van der Waals surface area contributed by atoms with Gasteiger partial charge in [0.25, 0.3) is 0 Å². The molecule has 1 aromatic heterocycles. The van der Waals surface area contributed by atoms with Crippen LogP contribution in [0.1, 0.15) is 19.5 Å². The van der Waals surface area contributed by atoms with Crippen molar-refractivity contribution in [1.29, 1.82) is 0 Å². The first kappa shape index (κ1) is 15.0. The molecule has 3 N–H and O–H groups in total. The number of rotatable bonds is 6. The lowest BCUT2D eigenvalue weighted by Crippen LogP contribution is -2.03. The van der Waals surface area contributed by atoms with Gasteiger partial charge in [-0.05, 0) is 32.9 Å². The van der Waals surface area contributed by atoms with Crippen molar-refractivity contribution < 1.29 is 9.47 Å². The molecule has 0 aliphatic rings. The van der Waals surface area contributed by atoms with Crippen molar-refractivity contribution in [3.63, 3.8) is 0 Å². The van der Waals surface area contributed by atoms with Crippen LogP contribution < -0.4 is 20.5 Å². The summed E-state index contributed by atoms with van der Waals surface area (Å²) in [5, 5.41) is 3.33. The summed E-state index contributed by atoms with van der Waals surface area (Å²) in [5.74, 6) is 1.34. The molecule has 0 bridgehead atoms. The highest BCUT2D eigenvalue weighted by atomic mass is 16.5. The van der Waals surface area contributed by atoms with Gasteiger partial charge in [0.1, 0.15) is 11.5 Å². The van der Waals surface area contributed by atoms with Crippen LogP contribution in [0.15, 0.2) is 30.5 Å². The van der Waals surface area contributed by atoms with Crippen LogP contribution in [-0.2, 0) is 0 Å². The van der Waals surface area contributed by atoms with Crippen LogP contribution in [0.3, 0.4) is 0 Å². The molecule has 0 radical (unpaired) electrons. The molecule has 0 saturated heterocycles. The zero-order valence-corrected chi connectivity index (χ0v) is 12.6. The number of aryl methyl sites for hydroxylation is 1. The number of benzene rings is 1. The smallest absolute Gasteiger partial charge is 0.145 e. The van der Waals surface area contributed by atoms with Crippen molar-refractivity contribution in [2.45, 2.75) is 20.8 Å². The van der Waals surface area contributed by atoms with E-state index in [0.717, 1.165) is 17.1 Å². The van der Waals surface area contributed by atoms with Crippen molar-refractivity contribution >= 4 is 17.1 Å². The lowest BCUT2D eigenvalue weighted by Gasteiger charge is -2.16. The van der Waals surface area contributed by atoms with E-state index < -0.39 is 0 Å². The Morgan fingerprint density at radius 2 is 1.81 bits per heavy atom. The van der Waals surface area contributed by atoms with E-state index >= 15 is 0 Å². The van der Waals surface area contributed by atoms with Crippen LogP contribution in [0.2, 0.25) is 0 Å². The summed E-state index contributed by atoms with van der Waals surface area (Å²) in [6.45, 7) is 6.93. The normalized spacial score (nSPS) is 10.2. The molecule has 0 atom stereocenters. The number of hydrogen-bond donors (Lipinski definition) is 2. The fourth-order valence-electron chi connectivity index (χ4n) is 1.99. The molecule has 1 aromatic carbocycles. The van der Waals surface area contributed by atoms with Crippen LogP contribution in [0, 0.1) is 6.92 Å². The largest absolute Gasteiger partial charge is 0.492 e. The van der Waals surface area contributed by atoms with Crippen LogP contribution >= 0.6 is 0 Å². The van der Waals surface area contributed by atoms with Crippen molar-refractivity contribution in [2.75, 3.05) is 24.3 Å². The summed E-state index contributed by atoms with van der Waals surface area (Å²) in [7, 11) is 0. The van der Waals surface area contributed by atoms with Crippen LogP contribution in [0.25, 0.3) is 0 Å². The molecule has 5 heteroatoms. The summed E-state index contributed by atoms with van der Waals surface area (Å²) in [5.41, 5.74) is 9.19. The van der Waals surface area contributed by atoms with Gasteiger partial charge in [0, 0.05) is 18.3 Å². The van der Waals surface area contributed by atoms with Gasteiger partial charge in [-0.1, -0.05) is 0 Å². The Bertz CT molecular complexity index is 614. The number of hydrogen-bond acceptors (Lipinski definition) is 5. The number of nitrogens with two attached hydrogens (primary N) is 1. The molecular formula is C16H21N3O2. The maximum Gasteiger partial charge on any atom is 0.145 e. The van der Waals surface area contributed by atoms with Gasteiger partial charge in [0.05, 0.1) is 36.0 Å². The molecule has 5 nitrogen and oxygen atoms in total. The van der Waals surface area contributed by atoms with Crippen LogP contribution in [-0.4, -0.2) is 18.2 Å². The minimum Gasteiger partial charge on any atom is -0.492 e. The molecule has 0 aliphatic carbocycles. The van der Waals surface area contributed by atoms with Crippen LogP contribution in [0.5, 0.6) is 11.5 Å². The van der Waals surface area contributed by atoms with Gasteiger partial charge >= 0.3 is 0 Å². The highest BCUT2D eigenvalue weighted by molar-refractivity contribution is 5.74. The molecule has 2 rings (SSSR count). The topological polar surface area (TPSA) is 69.4 Å². The van der Waals surface area contributed by atoms with E-state index in [2.05, 4.69) is 10.3 Å². The minimum absolute atomic E-state index is 0.559. The fraction of sp³-hybridized carbons (Fsp3) is 0.312. The van der Waals surface area contributed by atoms with Gasteiger partial charge < -0.3 is 20.5 Å². The second kappa shape index (κ2) is 6.83. The first-order valence-electron chi connectivity index (χ1n) is 7.03. The quantitative estimate of drug-likeness (QED) is 0.796. The number of nitrogen functional groups attached to an aromatic ring is 1. The van der Waals surface area contributed by atoms with Crippen LogP contribution in [0.4, 0.5) is 17.1 Å². The van der Waals surface area contributed by atoms with Gasteiger partial charge in [-0.25, -0.2) is 0 Å². The predicted molar refractivity (Wildman–Crippen MR) is 85.4 cm³/mol. The average Bonchev–Trinajstić information content (AvgIpc) is 2.46. The number of aromatic nitrogens is 1. The Labute approximate surface area is 125 Å². The first-order chi connectivity index (χ1) is 10.2. The maximum absolute atomic E-state index is 5.98. The maximum atomic E-state index is 5.98. The molecule has 0 spiro atoms.